The van der Waals surface area contributed by atoms with E-state index in [1.807, 2.05) is 24.3 Å². The SMILES string of the molecule is Cc1ccc(CSc2nnc(C(N)Cc3ccc(Cl)cc3)n2CC2CCCO2)cc1. The molecule has 0 saturated carbocycles. The molecule has 158 valence electrons. The Balaban J connectivity index is 1.52. The van der Waals surface area contributed by atoms with Gasteiger partial charge < -0.3 is 15.0 Å². The van der Waals surface area contributed by atoms with Crippen molar-refractivity contribution >= 4 is 23.4 Å². The lowest BCUT2D eigenvalue weighted by Gasteiger charge is -2.18. The molecule has 4 rings (SSSR count). The summed E-state index contributed by atoms with van der Waals surface area (Å²) >= 11 is 7.71. The molecule has 5 nitrogen and oxygen atoms in total. The Morgan fingerprint density at radius 3 is 2.57 bits per heavy atom. The van der Waals surface area contributed by atoms with Gasteiger partial charge >= 0.3 is 0 Å². The summed E-state index contributed by atoms with van der Waals surface area (Å²) in [5.74, 6) is 1.66. The molecule has 1 aliphatic rings. The number of rotatable bonds is 8. The molecule has 0 aliphatic carbocycles. The van der Waals surface area contributed by atoms with Crippen molar-refractivity contribution in [2.45, 2.75) is 55.8 Å². The minimum Gasteiger partial charge on any atom is -0.376 e. The summed E-state index contributed by atoms with van der Waals surface area (Å²) in [5.41, 5.74) is 10.2. The average molecular weight is 443 g/mol. The maximum Gasteiger partial charge on any atom is 0.191 e. The van der Waals surface area contributed by atoms with Crippen LogP contribution in [0.3, 0.4) is 0 Å². The van der Waals surface area contributed by atoms with Gasteiger partial charge in [-0.25, -0.2) is 0 Å². The van der Waals surface area contributed by atoms with Gasteiger partial charge in [-0.15, -0.1) is 10.2 Å². The van der Waals surface area contributed by atoms with Crippen LogP contribution in [0.1, 0.15) is 41.4 Å². The largest absolute Gasteiger partial charge is 0.376 e. The van der Waals surface area contributed by atoms with E-state index in [1.54, 1.807) is 11.8 Å². The van der Waals surface area contributed by atoms with Gasteiger partial charge in [-0.05, 0) is 49.4 Å². The highest BCUT2D eigenvalue weighted by Gasteiger charge is 2.24. The van der Waals surface area contributed by atoms with Crippen LogP contribution >= 0.6 is 23.4 Å². The number of benzene rings is 2. The van der Waals surface area contributed by atoms with Crippen LogP contribution in [0.2, 0.25) is 5.02 Å². The predicted molar refractivity (Wildman–Crippen MR) is 122 cm³/mol. The van der Waals surface area contributed by atoms with Crippen molar-refractivity contribution in [3.05, 3.63) is 76.1 Å². The van der Waals surface area contributed by atoms with Gasteiger partial charge in [0.25, 0.3) is 0 Å². The van der Waals surface area contributed by atoms with Gasteiger partial charge in [0.15, 0.2) is 11.0 Å². The lowest BCUT2D eigenvalue weighted by molar-refractivity contribution is 0.0938. The summed E-state index contributed by atoms with van der Waals surface area (Å²) in [5, 5.41) is 10.6. The normalized spacial score (nSPS) is 17.4. The van der Waals surface area contributed by atoms with E-state index in [1.165, 1.54) is 11.1 Å². The second kappa shape index (κ2) is 9.96. The number of thioether (sulfide) groups is 1. The fourth-order valence-electron chi connectivity index (χ4n) is 3.64. The first-order valence-corrected chi connectivity index (χ1v) is 11.7. The summed E-state index contributed by atoms with van der Waals surface area (Å²) in [7, 11) is 0. The van der Waals surface area contributed by atoms with E-state index in [2.05, 4.69) is 46.0 Å². The molecular weight excluding hydrogens is 416 g/mol. The summed E-state index contributed by atoms with van der Waals surface area (Å²) < 4.78 is 8.04. The molecule has 2 atom stereocenters. The molecule has 1 saturated heterocycles. The third kappa shape index (κ3) is 5.43. The molecule has 30 heavy (non-hydrogen) atoms. The molecule has 2 N–H and O–H groups in total. The number of ether oxygens (including phenoxy) is 1. The monoisotopic (exact) mass is 442 g/mol. The van der Waals surface area contributed by atoms with E-state index in [9.17, 15) is 0 Å². The minimum atomic E-state index is -0.242. The first-order valence-electron chi connectivity index (χ1n) is 10.3. The molecule has 7 heteroatoms. The van der Waals surface area contributed by atoms with E-state index in [0.29, 0.717) is 6.42 Å². The molecule has 0 spiro atoms. The van der Waals surface area contributed by atoms with Gasteiger partial charge in [0.1, 0.15) is 0 Å². The van der Waals surface area contributed by atoms with Gasteiger partial charge in [-0.2, -0.15) is 0 Å². The van der Waals surface area contributed by atoms with E-state index in [-0.39, 0.29) is 12.1 Å². The van der Waals surface area contributed by atoms with Gasteiger partial charge in [-0.3, -0.25) is 0 Å². The summed E-state index contributed by atoms with van der Waals surface area (Å²) in [4.78, 5) is 0. The zero-order chi connectivity index (χ0) is 20.9. The zero-order valence-corrected chi connectivity index (χ0v) is 18.7. The molecule has 0 amide bonds. The smallest absolute Gasteiger partial charge is 0.191 e. The van der Waals surface area contributed by atoms with Gasteiger partial charge in [-0.1, -0.05) is 65.3 Å². The Labute approximate surface area is 187 Å². The summed E-state index contributed by atoms with van der Waals surface area (Å²) in [6, 6.07) is 16.2. The van der Waals surface area contributed by atoms with Crippen molar-refractivity contribution < 1.29 is 4.74 Å². The zero-order valence-electron chi connectivity index (χ0n) is 17.1. The van der Waals surface area contributed by atoms with Crippen molar-refractivity contribution in [1.29, 1.82) is 0 Å². The topological polar surface area (TPSA) is 66.0 Å². The van der Waals surface area contributed by atoms with E-state index in [0.717, 1.165) is 53.3 Å². The van der Waals surface area contributed by atoms with Crippen molar-refractivity contribution in [3.63, 3.8) is 0 Å². The van der Waals surface area contributed by atoms with Crippen LogP contribution in [0.15, 0.2) is 53.7 Å². The molecule has 0 radical (unpaired) electrons. The van der Waals surface area contributed by atoms with Crippen molar-refractivity contribution in [3.8, 4) is 0 Å². The Bertz CT molecular complexity index is 952. The van der Waals surface area contributed by atoms with Gasteiger partial charge in [0, 0.05) is 17.4 Å². The highest BCUT2D eigenvalue weighted by molar-refractivity contribution is 7.98. The highest BCUT2D eigenvalue weighted by Crippen LogP contribution is 2.27. The first kappa shape index (κ1) is 21.4. The van der Waals surface area contributed by atoms with Crippen LogP contribution in [0.5, 0.6) is 0 Å². The summed E-state index contributed by atoms with van der Waals surface area (Å²) in [6.07, 6.45) is 3.04. The Kier molecular flexibility index (Phi) is 7.10. The molecule has 2 unspecified atom stereocenters. The molecule has 1 aliphatic heterocycles. The number of aryl methyl sites for hydroxylation is 1. The molecule has 1 fully saturated rings. The number of nitrogens with two attached hydrogens (primary N) is 1. The highest BCUT2D eigenvalue weighted by atomic mass is 35.5. The summed E-state index contributed by atoms with van der Waals surface area (Å²) in [6.45, 7) is 3.67. The Morgan fingerprint density at radius 2 is 1.87 bits per heavy atom. The molecule has 1 aromatic heterocycles. The fourth-order valence-corrected chi connectivity index (χ4v) is 4.68. The van der Waals surface area contributed by atoms with E-state index >= 15 is 0 Å². The number of hydrogen-bond acceptors (Lipinski definition) is 5. The van der Waals surface area contributed by atoms with Gasteiger partial charge in [0.2, 0.25) is 0 Å². The minimum absolute atomic E-state index is 0.196. The lowest BCUT2D eigenvalue weighted by atomic mass is 10.1. The first-order chi connectivity index (χ1) is 14.6. The van der Waals surface area contributed by atoms with Crippen LogP contribution < -0.4 is 5.73 Å². The Hall–Kier alpha value is -1.86. The predicted octanol–water partition coefficient (Wildman–Crippen LogP) is 4.95. The second-order valence-corrected chi connectivity index (χ2v) is 9.18. The van der Waals surface area contributed by atoms with Crippen LogP contribution in [0, 0.1) is 6.92 Å². The fraction of sp³-hybridized carbons (Fsp3) is 0.391. The molecule has 2 aromatic carbocycles. The molecule has 3 aromatic rings. The van der Waals surface area contributed by atoms with Crippen LogP contribution in [-0.2, 0) is 23.5 Å². The van der Waals surface area contributed by atoms with E-state index < -0.39 is 0 Å². The van der Waals surface area contributed by atoms with Crippen LogP contribution in [0.4, 0.5) is 0 Å². The molecule has 0 bridgehead atoms. The van der Waals surface area contributed by atoms with Crippen LogP contribution in [-0.4, -0.2) is 27.5 Å². The van der Waals surface area contributed by atoms with Crippen molar-refractivity contribution in [1.82, 2.24) is 14.8 Å². The van der Waals surface area contributed by atoms with Crippen molar-refractivity contribution in [2.75, 3.05) is 6.61 Å². The molecular formula is C23H27ClN4OS. The number of nitrogens with zero attached hydrogens (tertiary/aromatic N) is 3. The number of hydrogen-bond donors (Lipinski definition) is 1. The Morgan fingerprint density at radius 1 is 1.13 bits per heavy atom. The number of aromatic nitrogens is 3. The quantitative estimate of drug-likeness (QED) is 0.500. The second-order valence-electron chi connectivity index (χ2n) is 7.80. The standard InChI is InChI=1S/C23H27ClN4OS/c1-16-4-6-18(7-5-16)15-30-23-27-26-22(28(23)14-20-3-2-12-29-20)21(25)13-17-8-10-19(24)11-9-17/h4-11,20-21H,2-3,12-15,25H2,1H3. The lowest BCUT2D eigenvalue weighted by Crippen LogP contribution is -2.23. The third-order valence-electron chi connectivity index (χ3n) is 5.34. The van der Waals surface area contributed by atoms with Crippen LogP contribution in [0.25, 0.3) is 0 Å². The maximum absolute atomic E-state index is 6.57. The van der Waals surface area contributed by atoms with E-state index in [4.69, 9.17) is 22.1 Å². The van der Waals surface area contributed by atoms with Gasteiger partial charge in [0.05, 0.1) is 18.7 Å². The third-order valence-corrected chi connectivity index (χ3v) is 6.63. The molecule has 2 heterocycles. The average Bonchev–Trinajstić information content (AvgIpc) is 3.40. The van der Waals surface area contributed by atoms with Crippen molar-refractivity contribution in [2.24, 2.45) is 5.73 Å². The maximum atomic E-state index is 6.57. The number of halogens is 1.